The lowest BCUT2D eigenvalue weighted by Crippen LogP contribution is -2.53. The Hall–Kier alpha value is -2.42. The molecule has 0 radical (unpaired) electrons. The van der Waals surface area contributed by atoms with Gasteiger partial charge in [0.1, 0.15) is 0 Å². The first-order valence-corrected chi connectivity index (χ1v) is 13.7. The lowest BCUT2D eigenvalue weighted by atomic mass is 9.67. The lowest BCUT2D eigenvalue weighted by Gasteiger charge is -2.47. The van der Waals surface area contributed by atoms with Crippen LogP contribution in [-0.4, -0.2) is 66.9 Å². The summed E-state index contributed by atoms with van der Waals surface area (Å²) in [5.74, 6) is -1.04. The molecule has 2 aliphatic carbocycles. The minimum absolute atomic E-state index is 0.0453. The van der Waals surface area contributed by atoms with Crippen LogP contribution in [0.3, 0.4) is 0 Å². The van der Waals surface area contributed by atoms with E-state index in [-0.39, 0.29) is 49.7 Å². The molecule has 5 rings (SSSR count). The van der Waals surface area contributed by atoms with Gasteiger partial charge in [0.25, 0.3) is 5.91 Å². The van der Waals surface area contributed by atoms with E-state index in [1.54, 1.807) is 23.1 Å². The van der Waals surface area contributed by atoms with Crippen LogP contribution in [-0.2, 0) is 4.79 Å². The summed E-state index contributed by atoms with van der Waals surface area (Å²) < 4.78 is 77.4. The normalized spacial score (nSPS) is 26.2. The van der Waals surface area contributed by atoms with Gasteiger partial charge in [0.2, 0.25) is 5.67 Å². The van der Waals surface area contributed by atoms with Gasteiger partial charge in [0, 0.05) is 31.6 Å². The number of hydrogen-bond acceptors (Lipinski definition) is 3. The number of benzene rings is 1. The van der Waals surface area contributed by atoms with E-state index in [1.807, 2.05) is 4.90 Å². The lowest BCUT2D eigenvalue weighted by molar-refractivity contribution is -0.256. The van der Waals surface area contributed by atoms with Crippen LogP contribution in [0, 0.1) is 17.2 Å². The predicted octanol–water partition coefficient (Wildman–Crippen LogP) is 6.32. The summed E-state index contributed by atoms with van der Waals surface area (Å²) in [6, 6.07) is 4.25. The van der Waals surface area contributed by atoms with Gasteiger partial charge in [-0.05, 0) is 75.2 Å². The molecule has 2 saturated heterocycles. The maximum Gasteiger partial charge on any atom is 0.395 e. The highest BCUT2D eigenvalue weighted by Gasteiger charge is 2.58. The minimum atomic E-state index is -4.16. The van der Waals surface area contributed by atoms with Crippen molar-refractivity contribution in [1.82, 2.24) is 9.80 Å². The summed E-state index contributed by atoms with van der Waals surface area (Å²) in [7, 11) is 0. The van der Waals surface area contributed by atoms with Crippen molar-refractivity contribution in [1.29, 1.82) is 0 Å². The van der Waals surface area contributed by atoms with E-state index < -0.39 is 29.0 Å². The maximum atomic E-state index is 16.1. The molecule has 1 aromatic carbocycles. The second-order valence-corrected chi connectivity index (χ2v) is 11.3. The Morgan fingerprint density at radius 1 is 1.05 bits per heavy atom. The van der Waals surface area contributed by atoms with Crippen molar-refractivity contribution < 1.29 is 31.5 Å². The molecule has 1 atom stereocenters. The van der Waals surface area contributed by atoms with Crippen LogP contribution in [0.15, 0.2) is 36.4 Å². The summed E-state index contributed by atoms with van der Waals surface area (Å²) in [5, 5.41) is 0. The molecule has 208 valence electrons. The number of amides is 1. The third kappa shape index (κ3) is 5.23. The van der Waals surface area contributed by atoms with Gasteiger partial charge in [-0.3, -0.25) is 4.79 Å². The fourth-order valence-corrected chi connectivity index (χ4v) is 6.20. The number of ether oxygens (including phenoxy) is 1. The molecule has 3 fully saturated rings. The van der Waals surface area contributed by atoms with Crippen LogP contribution in [0.1, 0.15) is 56.9 Å². The van der Waals surface area contributed by atoms with Gasteiger partial charge in [-0.15, -0.1) is 0 Å². The average Bonchev–Trinajstić information content (AvgIpc) is 3.40. The van der Waals surface area contributed by atoms with Gasteiger partial charge < -0.3 is 14.5 Å². The zero-order valence-corrected chi connectivity index (χ0v) is 21.5. The van der Waals surface area contributed by atoms with Gasteiger partial charge in [0.15, 0.2) is 11.6 Å². The van der Waals surface area contributed by atoms with Crippen LogP contribution < -0.4 is 4.74 Å². The Bertz CT molecular complexity index is 1080. The number of carbonyl (C=O) groups is 1. The summed E-state index contributed by atoms with van der Waals surface area (Å²) in [4.78, 5) is 16.4. The van der Waals surface area contributed by atoms with Crippen molar-refractivity contribution in [2.75, 3.05) is 39.3 Å². The molecule has 0 bridgehead atoms. The molecule has 2 aliphatic heterocycles. The topological polar surface area (TPSA) is 32.8 Å². The molecule has 38 heavy (non-hydrogen) atoms. The van der Waals surface area contributed by atoms with Gasteiger partial charge in [-0.2, -0.15) is 13.2 Å². The molecule has 9 heteroatoms. The molecule has 0 unspecified atom stereocenters. The van der Waals surface area contributed by atoms with E-state index in [4.69, 9.17) is 4.74 Å². The molecule has 0 spiro atoms. The standard InChI is InChI=1S/C29H35F5N2O2/c30-24-18-22(23-6-1-2-13-28(23,31)26(37)36-14-3-4-15-36)7-8-25(24)38-19-21-9-16-35(17-10-21)20-27(11-5-12-27)29(32,33)34/h1-2,6-8,18,21H,3-5,9-17,19-20H2/t28-/m0/s1. The van der Waals surface area contributed by atoms with Gasteiger partial charge >= 0.3 is 6.18 Å². The zero-order valence-electron chi connectivity index (χ0n) is 21.5. The molecule has 4 aliphatic rings. The van der Waals surface area contributed by atoms with E-state index in [9.17, 15) is 18.0 Å². The first-order chi connectivity index (χ1) is 18.1. The van der Waals surface area contributed by atoms with Crippen molar-refractivity contribution >= 4 is 11.5 Å². The highest BCUT2D eigenvalue weighted by molar-refractivity contribution is 6.00. The first-order valence-electron chi connectivity index (χ1n) is 13.7. The largest absolute Gasteiger partial charge is 0.490 e. The van der Waals surface area contributed by atoms with Crippen molar-refractivity contribution in [3.05, 3.63) is 47.8 Å². The Balaban J connectivity index is 1.17. The molecule has 0 aromatic heterocycles. The van der Waals surface area contributed by atoms with Crippen LogP contribution in [0.2, 0.25) is 0 Å². The number of halogens is 5. The number of carbonyl (C=O) groups excluding carboxylic acids is 1. The monoisotopic (exact) mass is 538 g/mol. The fraction of sp³-hybridized carbons (Fsp3) is 0.621. The Kier molecular flexibility index (Phi) is 7.59. The fourth-order valence-electron chi connectivity index (χ4n) is 6.20. The van der Waals surface area contributed by atoms with Gasteiger partial charge in [-0.25, -0.2) is 8.78 Å². The molecule has 1 aromatic rings. The first kappa shape index (κ1) is 27.2. The summed E-state index contributed by atoms with van der Waals surface area (Å²) in [6.45, 7) is 2.52. The average molecular weight is 539 g/mol. The molecule has 0 N–H and O–H groups in total. The molecular weight excluding hydrogens is 503 g/mol. The summed E-state index contributed by atoms with van der Waals surface area (Å²) >= 11 is 0. The predicted molar refractivity (Wildman–Crippen MR) is 135 cm³/mol. The Morgan fingerprint density at radius 3 is 2.37 bits per heavy atom. The molecule has 2 heterocycles. The van der Waals surface area contributed by atoms with Crippen LogP contribution >= 0.6 is 0 Å². The number of allylic oxidation sites excluding steroid dienone is 3. The third-order valence-corrected chi connectivity index (χ3v) is 8.82. The van der Waals surface area contributed by atoms with E-state index in [1.165, 1.54) is 18.2 Å². The highest BCUT2D eigenvalue weighted by Crippen LogP contribution is 2.53. The van der Waals surface area contributed by atoms with Crippen molar-refractivity contribution in [3.8, 4) is 5.75 Å². The maximum absolute atomic E-state index is 16.1. The minimum Gasteiger partial charge on any atom is -0.490 e. The van der Waals surface area contributed by atoms with Crippen LogP contribution in [0.4, 0.5) is 22.0 Å². The van der Waals surface area contributed by atoms with Crippen LogP contribution in [0.5, 0.6) is 5.75 Å². The third-order valence-electron chi connectivity index (χ3n) is 8.82. The number of nitrogens with zero attached hydrogens (tertiary/aromatic N) is 2. The summed E-state index contributed by atoms with van der Waals surface area (Å²) in [5.41, 5.74) is -3.33. The molecule has 4 nitrogen and oxygen atoms in total. The van der Waals surface area contributed by atoms with Crippen molar-refractivity contribution in [3.63, 3.8) is 0 Å². The smallest absolute Gasteiger partial charge is 0.395 e. The number of rotatable bonds is 7. The number of piperidine rings is 1. The molecular formula is C29H35F5N2O2. The molecule has 1 amide bonds. The SMILES string of the molecule is O=C(N1CCCC1)[C@]1(F)CC=CC=C1c1ccc(OCC2CCN(CC3(C(F)(F)F)CCC3)CC2)c(F)c1. The van der Waals surface area contributed by atoms with Crippen molar-refractivity contribution in [2.24, 2.45) is 11.3 Å². The van der Waals surface area contributed by atoms with E-state index in [0.717, 1.165) is 12.8 Å². The van der Waals surface area contributed by atoms with Gasteiger partial charge in [-0.1, -0.05) is 30.7 Å². The molecule has 1 saturated carbocycles. The van der Waals surface area contributed by atoms with E-state index in [2.05, 4.69) is 0 Å². The van der Waals surface area contributed by atoms with Crippen LogP contribution in [0.25, 0.3) is 5.57 Å². The second kappa shape index (κ2) is 10.6. The zero-order chi connectivity index (χ0) is 27.0. The highest BCUT2D eigenvalue weighted by atomic mass is 19.4. The Morgan fingerprint density at radius 2 is 1.76 bits per heavy atom. The summed E-state index contributed by atoms with van der Waals surface area (Å²) in [6.07, 6.45) is 4.71. The van der Waals surface area contributed by atoms with Crippen molar-refractivity contribution in [2.45, 2.75) is 63.2 Å². The van der Waals surface area contributed by atoms with Gasteiger partial charge in [0.05, 0.1) is 12.0 Å². The van der Waals surface area contributed by atoms with E-state index in [0.29, 0.717) is 51.0 Å². The number of likely N-dealkylation sites (tertiary alicyclic amines) is 2. The Labute approximate surface area is 220 Å². The quantitative estimate of drug-likeness (QED) is 0.381. The number of hydrogen-bond donors (Lipinski definition) is 0. The number of alkyl halides is 4. The second-order valence-electron chi connectivity index (χ2n) is 11.3. The van der Waals surface area contributed by atoms with E-state index >= 15 is 8.78 Å².